The summed E-state index contributed by atoms with van der Waals surface area (Å²) in [6, 6.07) is 15.8. The van der Waals surface area contributed by atoms with Crippen LogP contribution in [0.1, 0.15) is 45.6 Å². The van der Waals surface area contributed by atoms with Crippen molar-refractivity contribution in [1.29, 1.82) is 0 Å². The number of amides is 2. The molecular formula is C30H28N6O3S. The summed E-state index contributed by atoms with van der Waals surface area (Å²) in [7, 11) is 0. The van der Waals surface area contributed by atoms with E-state index in [-0.39, 0.29) is 12.5 Å². The van der Waals surface area contributed by atoms with Crippen LogP contribution in [0.4, 0.5) is 0 Å². The number of pyridine rings is 1. The quantitative estimate of drug-likeness (QED) is 0.263. The number of para-hydroxylation sites is 1. The minimum atomic E-state index is -0.487. The average Bonchev–Trinajstić information content (AvgIpc) is 3.29. The molecule has 5 aromatic rings. The summed E-state index contributed by atoms with van der Waals surface area (Å²) < 4.78 is 7.28. The fourth-order valence-corrected chi connectivity index (χ4v) is 5.53. The normalized spacial score (nSPS) is 13.8. The number of rotatable bonds is 10. The molecule has 1 fully saturated rings. The lowest BCUT2D eigenvalue weighted by atomic mass is 9.96. The first-order valence-corrected chi connectivity index (χ1v) is 13.9. The highest BCUT2D eigenvalue weighted by molar-refractivity contribution is 7.07. The number of aromatic nitrogens is 4. The number of nitrogens with two attached hydrogens (primary N) is 1. The van der Waals surface area contributed by atoms with Crippen LogP contribution in [0.3, 0.4) is 0 Å². The van der Waals surface area contributed by atoms with Gasteiger partial charge in [-0.1, -0.05) is 30.3 Å². The second-order valence-electron chi connectivity index (χ2n) is 10.1. The summed E-state index contributed by atoms with van der Waals surface area (Å²) in [5.41, 5.74) is 13.4. The van der Waals surface area contributed by atoms with Gasteiger partial charge in [0.15, 0.2) is 0 Å². The number of aryl methyl sites for hydroxylation is 1. The predicted octanol–water partition coefficient (Wildman–Crippen LogP) is 4.48. The third kappa shape index (κ3) is 5.36. The monoisotopic (exact) mass is 552 g/mol. The summed E-state index contributed by atoms with van der Waals surface area (Å²) in [6.45, 7) is 2.85. The Bertz CT molecular complexity index is 1710. The van der Waals surface area contributed by atoms with Crippen molar-refractivity contribution in [2.75, 3.05) is 0 Å². The maximum Gasteiger partial charge on any atom is 0.252 e. The number of carbonyl (C=O) groups is 2. The van der Waals surface area contributed by atoms with Crippen molar-refractivity contribution in [3.05, 3.63) is 99.8 Å². The van der Waals surface area contributed by atoms with Crippen LogP contribution in [0, 0.1) is 6.92 Å². The van der Waals surface area contributed by atoms with Gasteiger partial charge in [0.05, 0.1) is 47.4 Å². The van der Waals surface area contributed by atoms with E-state index in [2.05, 4.69) is 15.4 Å². The molecule has 202 valence electrons. The van der Waals surface area contributed by atoms with Gasteiger partial charge in [-0.25, -0.2) is 9.97 Å². The number of hydrogen-bond donors (Lipinski definition) is 2. The molecule has 0 bridgehead atoms. The Morgan fingerprint density at radius 1 is 1.15 bits per heavy atom. The molecule has 6 rings (SSSR count). The fourth-order valence-electron chi connectivity index (χ4n) is 4.99. The van der Waals surface area contributed by atoms with Gasteiger partial charge in [-0.2, -0.15) is 5.10 Å². The second-order valence-corrected chi connectivity index (χ2v) is 10.8. The lowest BCUT2D eigenvalue weighted by Gasteiger charge is -2.21. The van der Waals surface area contributed by atoms with Crippen LogP contribution in [-0.4, -0.2) is 31.6 Å². The van der Waals surface area contributed by atoms with Crippen molar-refractivity contribution < 1.29 is 14.3 Å². The van der Waals surface area contributed by atoms with E-state index in [9.17, 15) is 9.59 Å². The van der Waals surface area contributed by atoms with Crippen molar-refractivity contribution in [1.82, 2.24) is 25.1 Å². The number of thiazole rings is 1. The van der Waals surface area contributed by atoms with Crippen molar-refractivity contribution >= 4 is 34.1 Å². The molecule has 2 amide bonds. The number of ether oxygens (including phenoxy) is 1. The first kappa shape index (κ1) is 25.8. The van der Waals surface area contributed by atoms with Crippen molar-refractivity contribution in [3.8, 4) is 11.3 Å². The molecule has 2 aromatic carbocycles. The highest BCUT2D eigenvalue weighted by Gasteiger charge is 2.47. The highest BCUT2D eigenvalue weighted by atomic mass is 32.1. The molecule has 1 saturated carbocycles. The zero-order chi connectivity index (χ0) is 27.7. The molecule has 40 heavy (non-hydrogen) atoms. The lowest BCUT2D eigenvalue weighted by Crippen LogP contribution is -2.35. The van der Waals surface area contributed by atoms with E-state index < -0.39 is 11.4 Å². The van der Waals surface area contributed by atoms with E-state index in [4.69, 9.17) is 15.5 Å². The van der Waals surface area contributed by atoms with Crippen LogP contribution in [0.2, 0.25) is 0 Å². The Balaban J connectivity index is 1.24. The van der Waals surface area contributed by atoms with Gasteiger partial charge in [0.1, 0.15) is 6.54 Å². The molecule has 1 aliphatic rings. The van der Waals surface area contributed by atoms with Gasteiger partial charge in [0.25, 0.3) is 5.91 Å². The molecule has 0 saturated heterocycles. The molecule has 9 nitrogen and oxygen atoms in total. The third-order valence-corrected chi connectivity index (χ3v) is 7.75. The fraction of sp³-hybridized carbons (Fsp3) is 0.233. The molecule has 3 N–H and O–H groups in total. The van der Waals surface area contributed by atoms with Crippen LogP contribution in [0.5, 0.6) is 0 Å². The van der Waals surface area contributed by atoms with Gasteiger partial charge in [0, 0.05) is 28.1 Å². The van der Waals surface area contributed by atoms with Gasteiger partial charge in [-0.3, -0.25) is 14.3 Å². The molecule has 3 heterocycles. The largest absolute Gasteiger partial charge is 0.370 e. The highest BCUT2D eigenvalue weighted by Crippen LogP contribution is 2.48. The van der Waals surface area contributed by atoms with E-state index in [0.717, 1.165) is 57.4 Å². The van der Waals surface area contributed by atoms with Crippen LogP contribution < -0.4 is 11.1 Å². The molecule has 0 atom stereocenters. The SMILES string of the molecule is Cc1cc(COCc2cscn2)ccc1C(=O)NC1(c2cc(-c3cnn(CC(N)=O)c3)nc3ccccc23)CC1. The first-order chi connectivity index (χ1) is 19.4. The summed E-state index contributed by atoms with van der Waals surface area (Å²) in [6.07, 6.45) is 5.09. The predicted molar refractivity (Wildman–Crippen MR) is 152 cm³/mol. The molecule has 0 radical (unpaired) electrons. The number of nitrogens with zero attached hydrogens (tertiary/aromatic N) is 4. The third-order valence-electron chi connectivity index (χ3n) is 7.12. The maximum absolute atomic E-state index is 13.6. The van der Waals surface area contributed by atoms with E-state index in [1.165, 1.54) is 4.68 Å². The van der Waals surface area contributed by atoms with Gasteiger partial charge in [-0.05, 0) is 54.7 Å². The topological polar surface area (TPSA) is 125 Å². The van der Waals surface area contributed by atoms with Crippen molar-refractivity contribution in [2.45, 2.75) is 45.1 Å². The molecule has 3 aromatic heterocycles. The van der Waals surface area contributed by atoms with Gasteiger partial charge in [-0.15, -0.1) is 11.3 Å². The van der Waals surface area contributed by atoms with Crippen LogP contribution in [0.25, 0.3) is 22.2 Å². The van der Waals surface area contributed by atoms with E-state index in [0.29, 0.717) is 18.8 Å². The Kier molecular flexibility index (Phi) is 6.87. The summed E-state index contributed by atoms with van der Waals surface area (Å²) in [4.78, 5) is 34.0. The number of carbonyl (C=O) groups excluding carboxylic acids is 2. The minimum absolute atomic E-state index is 0.00348. The molecule has 10 heteroatoms. The van der Waals surface area contributed by atoms with Gasteiger partial charge < -0.3 is 15.8 Å². The Morgan fingerprint density at radius 3 is 2.75 bits per heavy atom. The van der Waals surface area contributed by atoms with Gasteiger partial charge in [0.2, 0.25) is 5.91 Å². The van der Waals surface area contributed by atoms with Crippen LogP contribution in [0.15, 0.2) is 71.8 Å². The Hall–Kier alpha value is -4.41. The lowest BCUT2D eigenvalue weighted by molar-refractivity contribution is -0.118. The summed E-state index contributed by atoms with van der Waals surface area (Å²) in [5.74, 6) is -0.574. The van der Waals surface area contributed by atoms with Crippen molar-refractivity contribution in [3.63, 3.8) is 0 Å². The number of nitrogens with one attached hydrogen (secondary N) is 1. The average molecular weight is 553 g/mol. The number of hydrogen-bond acceptors (Lipinski definition) is 7. The zero-order valence-electron chi connectivity index (χ0n) is 22.0. The molecular weight excluding hydrogens is 524 g/mol. The number of fused-ring (bicyclic) bond motifs is 1. The second kappa shape index (κ2) is 10.6. The van der Waals surface area contributed by atoms with Crippen molar-refractivity contribution in [2.24, 2.45) is 5.73 Å². The Morgan fingerprint density at radius 2 is 2.00 bits per heavy atom. The van der Waals surface area contributed by atoms with Crippen LogP contribution >= 0.6 is 11.3 Å². The van der Waals surface area contributed by atoms with E-state index in [1.54, 1.807) is 29.2 Å². The van der Waals surface area contributed by atoms with E-state index >= 15 is 0 Å². The van der Waals surface area contributed by atoms with Gasteiger partial charge >= 0.3 is 0 Å². The van der Waals surface area contributed by atoms with E-state index in [1.807, 2.05) is 60.8 Å². The summed E-state index contributed by atoms with van der Waals surface area (Å²) >= 11 is 1.55. The molecule has 0 aliphatic heterocycles. The maximum atomic E-state index is 13.6. The number of primary amides is 1. The Labute approximate surface area is 235 Å². The molecule has 0 unspecified atom stereocenters. The minimum Gasteiger partial charge on any atom is -0.370 e. The molecule has 1 aliphatic carbocycles. The summed E-state index contributed by atoms with van der Waals surface area (Å²) in [5, 5.41) is 10.6. The van der Waals surface area contributed by atoms with Crippen LogP contribution in [-0.2, 0) is 34.8 Å². The standard InChI is InChI=1S/C30H28N6O3S/c1-19-10-20(15-39-16-22-17-40-18-32-22)6-7-23(19)29(38)35-30(8-9-30)25-11-27(34-26-5-3-2-4-24(25)26)21-12-33-36(13-21)14-28(31)37/h2-7,10-13,17-18H,8-9,14-16H2,1H3,(H2,31,37)(H,35,38). The number of benzene rings is 2. The molecule has 0 spiro atoms. The smallest absolute Gasteiger partial charge is 0.252 e. The first-order valence-electron chi connectivity index (χ1n) is 13.0. The zero-order valence-corrected chi connectivity index (χ0v) is 22.8.